The monoisotopic (exact) mass is 1200 g/mol. The second-order valence-electron chi connectivity index (χ2n) is 19.2. The Morgan fingerprint density at radius 3 is 1.28 bits per heavy atom. The lowest BCUT2D eigenvalue weighted by Crippen LogP contribution is -2.15. The summed E-state index contributed by atoms with van der Waals surface area (Å²) in [6.45, 7) is -1.25. The van der Waals surface area contributed by atoms with Crippen LogP contribution in [0.2, 0.25) is 0 Å². The van der Waals surface area contributed by atoms with E-state index in [9.17, 15) is 18.4 Å². The first-order valence-corrected chi connectivity index (χ1v) is 25.9. The average Bonchev–Trinajstić information content (AvgIpc) is 1.81. The molecule has 4 heterocycles. The summed E-state index contributed by atoms with van der Waals surface area (Å²) in [6.07, 6.45) is -1.56. The number of halogens is 10. The first-order chi connectivity index (χ1) is 41.9. The van der Waals surface area contributed by atoms with E-state index in [1.807, 2.05) is 12.1 Å². The minimum Gasteiger partial charge on any atom is -0.473 e. The number of hydrogen-bond acceptors (Lipinski definition) is 13. The highest BCUT2D eigenvalue weighted by atomic mass is 19.2. The number of carbonyl (C=O) groups is 2. The van der Waals surface area contributed by atoms with Crippen molar-refractivity contribution in [2.24, 2.45) is 0 Å². The molecule has 10 aromatic rings. The van der Waals surface area contributed by atoms with Gasteiger partial charge in [0.15, 0.2) is 34.9 Å². The van der Waals surface area contributed by atoms with E-state index in [-0.39, 0.29) is 108 Å². The third kappa shape index (κ3) is 12.4. The Hall–Kier alpha value is -10.5. The first-order valence-electron chi connectivity index (χ1n) is 25.9. The molecule has 15 nitrogen and oxygen atoms in total. The Morgan fingerprint density at radius 2 is 0.897 bits per heavy atom. The van der Waals surface area contributed by atoms with Gasteiger partial charge in [-0.1, -0.05) is 24.3 Å². The van der Waals surface area contributed by atoms with Gasteiger partial charge < -0.3 is 32.8 Å². The molecule has 6 aromatic carbocycles. The van der Waals surface area contributed by atoms with Crippen LogP contribution in [-0.2, 0) is 53.4 Å². The smallest absolute Gasteiger partial charge is 0.346 e. The number of rotatable bonds is 20. The molecule has 0 aliphatic heterocycles. The van der Waals surface area contributed by atoms with Crippen molar-refractivity contribution < 1.29 is 77.2 Å². The normalized spacial score (nSPS) is 11.3. The number of nitrogens with zero attached hydrogens (tertiary/aromatic N) is 8. The van der Waals surface area contributed by atoms with Crippen molar-refractivity contribution in [3.05, 3.63) is 224 Å². The lowest BCUT2D eigenvalue weighted by Gasteiger charge is -2.13. The molecule has 440 valence electrons. The lowest BCUT2D eigenvalue weighted by atomic mass is 10.0. The zero-order chi connectivity index (χ0) is 61.8. The van der Waals surface area contributed by atoms with Crippen molar-refractivity contribution >= 4 is 34.0 Å². The molecule has 10 rings (SSSR count). The highest BCUT2D eigenvalue weighted by molar-refractivity contribution is 6.05. The van der Waals surface area contributed by atoms with Gasteiger partial charge in [0.1, 0.15) is 59.2 Å². The van der Waals surface area contributed by atoms with Crippen LogP contribution in [0.25, 0.3) is 44.6 Å². The number of pyridine rings is 2. The molecule has 25 heteroatoms. The van der Waals surface area contributed by atoms with Gasteiger partial charge in [-0.2, -0.15) is 10.5 Å². The lowest BCUT2D eigenvalue weighted by molar-refractivity contribution is 0.0397. The molecule has 0 atom stereocenters. The number of nitriles is 2. The maximum atomic E-state index is 16.0. The topological polar surface area (TPSA) is 189 Å². The van der Waals surface area contributed by atoms with Gasteiger partial charge in [0, 0.05) is 85.7 Å². The zero-order valence-corrected chi connectivity index (χ0v) is 45.3. The van der Waals surface area contributed by atoms with Gasteiger partial charge in [0.05, 0.1) is 70.0 Å². The van der Waals surface area contributed by atoms with Crippen molar-refractivity contribution in [3.8, 4) is 46.4 Å². The van der Waals surface area contributed by atoms with Gasteiger partial charge in [-0.05, 0) is 72.8 Å². The van der Waals surface area contributed by atoms with Crippen molar-refractivity contribution in [1.82, 2.24) is 29.1 Å². The van der Waals surface area contributed by atoms with Crippen LogP contribution >= 0.6 is 0 Å². The summed E-state index contributed by atoms with van der Waals surface area (Å²) in [5.41, 5.74) is -5.43. The third-order valence-electron chi connectivity index (χ3n) is 13.8. The molecule has 0 N–H and O–H groups in total. The molecular formula is C62H40F10N8O7. The number of benzene rings is 6. The summed E-state index contributed by atoms with van der Waals surface area (Å²) < 4.78 is 186. The molecule has 0 spiro atoms. The second-order valence-corrected chi connectivity index (χ2v) is 19.2. The minimum atomic E-state index is -1.65. The highest BCUT2D eigenvalue weighted by Crippen LogP contribution is 2.34. The molecular weight excluding hydrogens is 1160 g/mol. The van der Waals surface area contributed by atoms with Gasteiger partial charge in [-0.15, -0.1) is 0 Å². The van der Waals surface area contributed by atoms with Crippen LogP contribution in [0, 0.1) is 80.8 Å². The Bertz CT molecular complexity index is 4210. The summed E-state index contributed by atoms with van der Waals surface area (Å²) in [6, 6.07) is 23.7. The standard InChI is InChI=1S/C62H40F10N8O7/c1-83-15-13-79-49-21-35(19-45(67)59(49)77-51(79)25-37-43(65)23-39(57(71)55(37)69)47-5-3-7-53(75-47)85-29-33-11-9-31(27-73)17-41(33)63)61(81)87-62(82)36-20-46(68)60-50(22-36)80(14-16-84-2)52(78-60)26-38-44(66)24-40(58(72)56(38)70)48-6-4-8-54(76-48)86-30-34-12-10-32(28-74)18-42(34)64/h3-12,17-24H,13-16,25-26,29-30H2,1-2H3. The number of esters is 2. The molecule has 4 aromatic heterocycles. The average molecular weight is 1200 g/mol. The van der Waals surface area contributed by atoms with Crippen LogP contribution in [0.4, 0.5) is 43.9 Å². The fraction of sp³-hybridized carbons (Fsp3) is 0.161. The molecule has 0 unspecified atom stereocenters. The maximum Gasteiger partial charge on any atom is 0.346 e. The van der Waals surface area contributed by atoms with E-state index in [1.165, 1.54) is 84.0 Å². The van der Waals surface area contributed by atoms with Gasteiger partial charge in [0.2, 0.25) is 11.8 Å². The van der Waals surface area contributed by atoms with Crippen LogP contribution in [0.1, 0.15) is 65.7 Å². The first kappa shape index (κ1) is 59.7. The predicted molar refractivity (Wildman–Crippen MR) is 288 cm³/mol. The summed E-state index contributed by atoms with van der Waals surface area (Å²) >= 11 is 0. The van der Waals surface area contributed by atoms with Crippen molar-refractivity contribution in [2.45, 2.75) is 39.1 Å². The summed E-state index contributed by atoms with van der Waals surface area (Å²) in [5, 5.41) is 18.0. The van der Waals surface area contributed by atoms with Crippen LogP contribution in [0.3, 0.4) is 0 Å². The second kappa shape index (κ2) is 25.4. The molecule has 0 amide bonds. The molecule has 0 aliphatic carbocycles. The largest absolute Gasteiger partial charge is 0.473 e. The van der Waals surface area contributed by atoms with E-state index in [4.69, 9.17) is 34.2 Å². The number of aromatic nitrogens is 6. The Balaban J connectivity index is 0.878. The van der Waals surface area contributed by atoms with E-state index in [0.29, 0.717) is 24.3 Å². The fourth-order valence-electron chi connectivity index (χ4n) is 9.37. The van der Waals surface area contributed by atoms with Crippen LogP contribution in [-0.4, -0.2) is 68.4 Å². The van der Waals surface area contributed by atoms with Crippen molar-refractivity contribution in [2.75, 3.05) is 27.4 Å². The fourth-order valence-corrected chi connectivity index (χ4v) is 9.37. The third-order valence-corrected chi connectivity index (χ3v) is 13.8. The highest BCUT2D eigenvalue weighted by Gasteiger charge is 2.29. The van der Waals surface area contributed by atoms with E-state index < -0.39 is 127 Å². The van der Waals surface area contributed by atoms with Crippen molar-refractivity contribution in [3.63, 3.8) is 0 Å². The maximum absolute atomic E-state index is 16.0. The molecule has 0 aliphatic rings. The number of methoxy groups -OCH3 is 2. The molecule has 0 saturated heterocycles. The molecule has 0 fully saturated rings. The van der Waals surface area contributed by atoms with Gasteiger partial charge in [-0.3, -0.25) is 0 Å². The molecule has 0 radical (unpaired) electrons. The van der Waals surface area contributed by atoms with Crippen molar-refractivity contribution in [1.29, 1.82) is 10.5 Å². The Morgan fingerprint density at radius 1 is 0.483 bits per heavy atom. The summed E-state index contributed by atoms with van der Waals surface area (Å²) in [5.74, 6) is -16.3. The summed E-state index contributed by atoms with van der Waals surface area (Å²) in [7, 11) is 2.64. The van der Waals surface area contributed by atoms with Gasteiger partial charge >= 0.3 is 11.9 Å². The van der Waals surface area contributed by atoms with E-state index in [1.54, 1.807) is 0 Å². The van der Waals surface area contributed by atoms with E-state index >= 15 is 35.1 Å². The van der Waals surface area contributed by atoms with Crippen LogP contribution < -0.4 is 9.47 Å². The number of carbonyl (C=O) groups excluding carboxylic acids is 2. The zero-order valence-electron chi connectivity index (χ0n) is 45.3. The molecule has 0 saturated carbocycles. The number of ether oxygens (including phenoxy) is 5. The Kier molecular flexibility index (Phi) is 17.4. The SMILES string of the molecule is COCCn1c(Cc2c(F)cc(-c3cccc(OCc4ccc(C#N)cc4F)n3)c(F)c2F)nc2c(F)cc(C(=O)OC(=O)c3cc(F)c4nc(Cc5c(F)cc(-c6cccc(OCc7ccc(C#N)cc7F)n6)c(F)c5F)n(CCOC)c4c3)cc21. The number of hydrogen-bond donors (Lipinski definition) is 0. The molecule has 87 heavy (non-hydrogen) atoms. The predicted octanol–water partition coefficient (Wildman–Crippen LogP) is 12.3. The van der Waals surface area contributed by atoms with Gasteiger partial charge in [-0.25, -0.2) is 73.4 Å². The Labute approximate surface area is 485 Å². The number of fused-ring (bicyclic) bond motifs is 2. The molecule has 0 bridgehead atoms. The van der Waals surface area contributed by atoms with Crippen LogP contribution in [0.5, 0.6) is 11.8 Å². The quantitative estimate of drug-likeness (QED) is 0.0304. The van der Waals surface area contributed by atoms with E-state index in [2.05, 4.69) is 19.9 Å². The minimum absolute atomic E-state index is 0.0634. The van der Waals surface area contributed by atoms with Gasteiger partial charge in [0.25, 0.3) is 0 Å². The van der Waals surface area contributed by atoms with E-state index in [0.717, 1.165) is 24.3 Å². The summed E-state index contributed by atoms with van der Waals surface area (Å²) in [4.78, 5) is 44.1. The van der Waals surface area contributed by atoms with Crippen LogP contribution in [0.15, 0.2) is 109 Å². The number of imidazole rings is 2.